The lowest BCUT2D eigenvalue weighted by molar-refractivity contribution is -0.385. The molecule has 108 valence electrons. The zero-order chi connectivity index (χ0) is 15.0. The number of anilines is 3. The molecule has 6 heteroatoms. The predicted molar refractivity (Wildman–Crippen MR) is 79.8 cm³/mol. The molecule has 0 saturated carbocycles. The molecule has 21 heavy (non-hydrogen) atoms. The Morgan fingerprint density at radius 1 is 1.14 bits per heavy atom. The Hall–Kier alpha value is -2.63. The molecule has 0 fully saturated rings. The fourth-order valence-electron chi connectivity index (χ4n) is 2.59. The zero-order valence-corrected chi connectivity index (χ0v) is 11.5. The second kappa shape index (κ2) is 5.05. The highest BCUT2D eigenvalue weighted by Gasteiger charge is 2.23. The molecular formula is C15H14FN3O2. The van der Waals surface area contributed by atoms with E-state index in [0.29, 0.717) is 12.2 Å². The van der Waals surface area contributed by atoms with E-state index in [1.807, 2.05) is 36.2 Å². The molecule has 0 aromatic heterocycles. The van der Waals surface area contributed by atoms with Crippen LogP contribution >= 0.6 is 0 Å². The summed E-state index contributed by atoms with van der Waals surface area (Å²) < 4.78 is 13.7. The number of halogens is 1. The van der Waals surface area contributed by atoms with Gasteiger partial charge in [-0.1, -0.05) is 12.1 Å². The number of para-hydroxylation sites is 2. The molecule has 0 saturated heterocycles. The van der Waals surface area contributed by atoms with Crippen LogP contribution in [0.1, 0.15) is 0 Å². The van der Waals surface area contributed by atoms with Gasteiger partial charge in [0.1, 0.15) is 5.82 Å². The van der Waals surface area contributed by atoms with E-state index in [1.165, 1.54) is 12.1 Å². The van der Waals surface area contributed by atoms with Gasteiger partial charge in [0.25, 0.3) is 5.69 Å². The van der Waals surface area contributed by atoms with Crippen molar-refractivity contribution in [2.75, 3.05) is 29.9 Å². The van der Waals surface area contributed by atoms with E-state index in [2.05, 4.69) is 4.90 Å². The summed E-state index contributed by atoms with van der Waals surface area (Å²) in [5.74, 6) is -0.601. The van der Waals surface area contributed by atoms with Gasteiger partial charge < -0.3 is 9.80 Å². The van der Waals surface area contributed by atoms with Gasteiger partial charge in [0.15, 0.2) is 0 Å². The molecule has 0 radical (unpaired) electrons. The third-order valence-electron chi connectivity index (χ3n) is 3.63. The number of likely N-dealkylation sites (N-methyl/N-ethyl adjacent to an activating group) is 1. The molecule has 0 amide bonds. The van der Waals surface area contributed by atoms with Gasteiger partial charge in [-0.15, -0.1) is 0 Å². The highest BCUT2D eigenvalue weighted by molar-refractivity contribution is 5.79. The quantitative estimate of drug-likeness (QED) is 0.628. The lowest BCUT2D eigenvalue weighted by Crippen LogP contribution is -2.36. The average Bonchev–Trinajstić information content (AvgIpc) is 2.47. The number of hydrogen-bond acceptors (Lipinski definition) is 4. The lowest BCUT2D eigenvalue weighted by Gasteiger charge is -2.36. The Balaban J connectivity index is 2.10. The van der Waals surface area contributed by atoms with Crippen molar-refractivity contribution in [3.8, 4) is 0 Å². The monoisotopic (exact) mass is 287 g/mol. The summed E-state index contributed by atoms with van der Waals surface area (Å²) in [6, 6.07) is 11.4. The number of nitrogens with zero attached hydrogens (tertiary/aromatic N) is 3. The number of fused-ring (bicyclic) bond motifs is 1. The summed E-state index contributed by atoms with van der Waals surface area (Å²) in [5.41, 5.74) is 2.21. The van der Waals surface area contributed by atoms with Crippen LogP contribution in [0.15, 0.2) is 42.5 Å². The summed E-state index contributed by atoms with van der Waals surface area (Å²) in [4.78, 5) is 14.3. The molecule has 2 aromatic carbocycles. The van der Waals surface area contributed by atoms with Crippen molar-refractivity contribution in [3.05, 3.63) is 58.4 Å². The van der Waals surface area contributed by atoms with Crippen LogP contribution in [0.5, 0.6) is 0 Å². The molecule has 2 aromatic rings. The third kappa shape index (κ3) is 2.40. The first-order valence-electron chi connectivity index (χ1n) is 6.59. The molecule has 1 heterocycles. The largest absolute Gasteiger partial charge is 0.371 e. The zero-order valence-electron chi connectivity index (χ0n) is 11.5. The number of non-ortho nitro benzene ring substituents is 1. The Morgan fingerprint density at radius 3 is 2.57 bits per heavy atom. The number of rotatable bonds is 2. The van der Waals surface area contributed by atoms with Crippen LogP contribution in [0.25, 0.3) is 0 Å². The fraction of sp³-hybridized carbons (Fsp3) is 0.200. The first-order chi connectivity index (χ1) is 10.1. The van der Waals surface area contributed by atoms with Crippen LogP contribution in [0, 0.1) is 15.9 Å². The van der Waals surface area contributed by atoms with Crippen molar-refractivity contribution in [1.29, 1.82) is 0 Å². The molecule has 0 N–H and O–H groups in total. The van der Waals surface area contributed by atoms with E-state index in [9.17, 15) is 14.5 Å². The van der Waals surface area contributed by atoms with Gasteiger partial charge in [-0.05, 0) is 18.2 Å². The molecule has 1 aliphatic rings. The summed E-state index contributed by atoms with van der Waals surface area (Å²) in [6.07, 6.45) is 0. The second-order valence-corrected chi connectivity index (χ2v) is 4.99. The molecule has 1 aliphatic heterocycles. The van der Waals surface area contributed by atoms with Gasteiger partial charge in [-0.2, -0.15) is 0 Å². The topological polar surface area (TPSA) is 49.6 Å². The molecular weight excluding hydrogens is 273 g/mol. The number of nitro groups is 1. The summed E-state index contributed by atoms with van der Waals surface area (Å²) in [6.45, 7) is 1.41. The molecule has 0 bridgehead atoms. The van der Waals surface area contributed by atoms with E-state index in [-0.39, 0.29) is 5.69 Å². The summed E-state index contributed by atoms with van der Waals surface area (Å²) in [7, 11) is 1.99. The van der Waals surface area contributed by atoms with Crippen molar-refractivity contribution in [2.45, 2.75) is 0 Å². The van der Waals surface area contributed by atoms with Crippen LogP contribution in [0.2, 0.25) is 0 Å². The molecule has 0 atom stereocenters. The van der Waals surface area contributed by atoms with Crippen LogP contribution in [-0.2, 0) is 0 Å². The van der Waals surface area contributed by atoms with E-state index in [4.69, 9.17) is 0 Å². The minimum absolute atomic E-state index is 0.235. The highest BCUT2D eigenvalue weighted by Crippen LogP contribution is 2.38. The number of hydrogen-bond donors (Lipinski definition) is 0. The minimum Gasteiger partial charge on any atom is -0.371 e. The van der Waals surface area contributed by atoms with Gasteiger partial charge in [0, 0.05) is 26.2 Å². The van der Waals surface area contributed by atoms with Crippen molar-refractivity contribution in [3.63, 3.8) is 0 Å². The standard InChI is InChI=1S/C15H14FN3O2/c1-17-6-7-18(15-5-3-2-4-14(15)17)12-8-11(16)9-13(10-12)19(20)21/h2-5,8-10H,6-7H2,1H3. The third-order valence-corrected chi connectivity index (χ3v) is 3.63. The van der Waals surface area contributed by atoms with E-state index in [0.717, 1.165) is 24.0 Å². The van der Waals surface area contributed by atoms with Crippen LogP contribution in [0.4, 0.5) is 27.1 Å². The molecule has 5 nitrogen and oxygen atoms in total. The Kier molecular flexibility index (Phi) is 3.21. The maximum absolute atomic E-state index is 13.7. The first-order valence-corrected chi connectivity index (χ1v) is 6.59. The minimum atomic E-state index is -0.601. The fourth-order valence-corrected chi connectivity index (χ4v) is 2.59. The molecule has 0 aliphatic carbocycles. The Morgan fingerprint density at radius 2 is 1.86 bits per heavy atom. The van der Waals surface area contributed by atoms with Gasteiger partial charge in [0.2, 0.25) is 0 Å². The summed E-state index contributed by atoms with van der Waals surface area (Å²) >= 11 is 0. The SMILES string of the molecule is CN1CCN(c2cc(F)cc([N+](=O)[O-])c2)c2ccccc21. The van der Waals surface area contributed by atoms with Crippen molar-refractivity contribution in [1.82, 2.24) is 0 Å². The number of benzene rings is 2. The molecule has 0 spiro atoms. The lowest BCUT2D eigenvalue weighted by atomic mass is 10.1. The van der Waals surface area contributed by atoms with E-state index in [1.54, 1.807) is 0 Å². The number of nitro benzene ring substituents is 1. The van der Waals surface area contributed by atoms with Crippen LogP contribution < -0.4 is 9.80 Å². The predicted octanol–water partition coefficient (Wildman–Crippen LogP) is 3.32. The van der Waals surface area contributed by atoms with Gasteiger partial charge in [0.05, 0.1) is 28.1 Å². The first kappa shape index (κ1) is 13.4. The van der Waals surface area contributed by atoms with E-state index >= 15 is 0 Å². The van der Waals surface area contributed by atoms with Gasteiger partial charge in [-0.3, -0.25) is 10.1 Å². The smallest absolute Gasteiger partial charge is 0.274 e. The molecule has 0 unspecified atom stereocenters. The Labute approximate surface area is 121 Å². The highest BCUT2D eigenvalue weighted by atomic mass is 19.1. The van der Waals surface area contributed by atoms with Crippen molar-refractivity contribution < 1.29 is 9.31 Å². The van der Waals surface area contributed by atoms with Gasteiger partial charge in [-0.25, -0.2) is 4.39 Å². The molecule has 3 rings (SSSR count). The van der Waals surface area contributed by atoms with E-state index < -0.39 is 10.7 Å². The van der Waals surface area contributed by atoms with Gasteiger partial charge >= 0.3 is 0 Å². The maximum atomic E-state index is 13.7. The summed E-state index contributed by atoms with van der Waals surface area (Å²) in [5, 5.41) is 10.9. The Bertz CT molecular complexity index is 705. The van der Waals surface area contributed by atoms with Crippen molar-refractivity contribution in [2.24, 2.45) is 0 Å². The van der Waals surface area contributed by atoms with Crippen LogP contribution in [0.3, 0.4) is 0 Å². The second-order valence-electron chi connectivity index (χ2n) is 4.99. The maximum Gasteiger partial charge on any atom is 0.274 e. The normalized spacial score (nSPS) is 14.0. The van der Waals surface area contributed by atoms with Crippen LogP contribution in [-0.4, -0.2) is 25.1 Å². The average molecular weight is 287 g/mol. The van der Waals surface area contributed by atoms with Crippen molar-refractivity contribution >= 4 is 22.7 Å².